The molecule has 2 aliphatic heterocycles. The standard InChI is InChI=1S/C19H25N3O4S/c1-3-26-17(24)12-20-18(25)21-10-8-19(9-11-21)22(16(23)13-27-19)15-6-4-14(2)5-7-15/h4-7H,3,8-13H2,1-2H3,(H,20,25). The molecule has 1 aromatic rings. The van der Waals surface area contributed by atoms with Crippen LogP contribution in [0.2, 0.25) is 0 Å². The number of hydrogen-bond acceptors (Lipinski definition) is 5. The van der Waals surface area contributed by atoms with E-state index in [2.05, 4.69) is 5.32 Å². The molecule has 146 valence electrons. The molecular weight excluding hydrogens is 366 g/mol. The zero-order valence-corrected chi connectivity index (χ0v) is 16.5. The Morgan fingerprint density at radius 1 is 1.22 bits per heavy atom. The Kier molecular flexibility index (Phi) is 5.94. The number of rotatable bonds is 4. The van der Waals surface area contributed by atoms with Gasteiger partial charge in [0.05, 0.1) is 17.2 Å². The zero-order valence-electron chi connectivity index (χ0n) is 15.7. The predicted octanol–water partition coefficient (Wildman–Crippen LogP) is 2.14. The minimum atomic E-state index is -0.443. The van der Waals surface area contributed by atoms with Gasteiger partial charge in [0.2, 0.25) is 5.91 Å². The number of urea groups is 1. The van der Waals surface area contributed by atoms with Crippen molar-refractivity contribution in [2.75, 3.05) is 36.9 Å². The third-order valence-electron chi connectivity index (χ3n) is 4.93. The second-order valence-corrected chi connectivity index (χ2v) is 8.09. The van der Waals surface area contributed by atoms with Crippen molar-refractivity contribution < 1.29 is 19.1 Å². The van der Waals surface area contributed by atoms with E-state index >= 15 is 0 Å². The van der Waals surface area contributed by atoms with Gasteiger partial charge in [0, 0.05) is 18.8 Å². The van der Waals surface area contributed by atoms with E-state index < -0.39 is 5.97 Å². The molecule has 0 saturated carbocycles. The van der Waals surface area contributed by atoms with E-state index in [4.69, 9.17) is 4.74 Å². The van der Waals surface area contributed by atoms with Crippen LogP contribution in [-0.4, -0.2) is 59.7 Å². The van der Waals surface area contributed by atoms with E-state index in [-0.39, 0.29) is 23.4 Å². The smallest absolute Gasteiger partial charge is 0.325 e. The fourth-order valence-corrected chi connectivity index (χ4v) is 4.85. The molecule has 2 heterocycles. The Morgan fingerprint density at radius 2 is 1.89 bits per heavy atom. The van der Waals surface area contributed by atoms with Crippen molar-refractivity contribution in [1.82, 2.24) is 10.2 Å². The maximum Gasteiger partial charge on any atom is 0.325 e. The molecule has 3 rings (SSSR count). The number of nitrogens with one attached hydrogen (secondary N) is 1. The molecule has 2 saturated heterocycles. The van der Waals surface area contributed by atoms with E-state index in [1.165, 1.54) is 0 Å². The fourth-order valence-electron chi connectivity index (χ4n) is 3.52. The number of anilines is 1. The third kappa shape index (κ3) is 4.21. The summed E-state index contributed by atoms with van der Waals surface area (Å²) in [5.74, 6) is 0.133. The van der Waals surface area contributed by atoms with Gasteiger partial charge in [-0.3, -0.25) is 14.5 Å². The van der Waals surface area contributed by atoms with Crippen LogP contribution in [0.15, 0.2) is 24.3 Å². The highest BCUT2D eigenvalue weighted by Gasteiger charge is 2.49. The van der Waals surface area contributed by atoms with Crippen molar-refractivity contribution in [2.24, 2.45) is 0 Å². The summed E-state index contributed by atoms with van der Waals surface area (Å²) in [6.45, 7) is 4.99. The molecule has 0 aliphatic carbocycles. The second-order valence-electron chi connectivity index (χ2n) is 6.75. The summed E-state index contributed by atoms with van der Waals surface area (Å²) >= 11 is 1.66. The van der Waals surface area contributed by atoms with Crippen molar-refractivity contribution in [1.29, 1.82) is 0 Å². The van der Waals surface area contributed by atoms with Gasteiger partial charge in [0.1, 0.15) is 6.54 Å². The highest BCUT2D eigenvalue weighted by molar-refractivity contribution is 8.02. The minimum Gasteiger partial charge on any atom is -0.465 e. The molecule has 0 aromatic heterocycles. The number of carbonyl (C=O) groups is 3. The van der Waals surface area contributed by atoms with Crippen LogP contribution in [0, 0.1) is 6.92 Å². The van der Waals surface area contributed by atoms with Gasteiger partial charge in [-0.05, 0) is 38.8 Å². The topological polar surface area (TPSA) is 79.0 Å². The average molecular weight is 391 g/mol. The van der Waals surface area contributed by atoms with Crippen LogP contribution < -0.4 is 10.2 Å². The maximum absolute atomic E-state index is 12.5. The number of likely N-dealkylation sites (tertiary alicyclic amines) is 1. The van der Waals surface area contributed by atoms with Crippen LogP contribution in [-0.2, 0) is 14.3 Å². The largest absolute Gasteiger partial charge is 0.465 e. The van der Waals surface area contributed by atoms with Gasteiger partial charge in [-0.15, -0.1) is 11.8 Å². The summed E-state index contributed by atoms with van der Waals surface area (Å²) in [5, 5.41) is 2.60. The predicted molar refractivity (Wildman–Crippen MR) is 105 cm³/mol. The number of nitrogens with zero attached hydrogens (tertiary/aromatic N) is 2. The van der Waals surface area contributed by atoms with Gasteiger partial charge in [-0.2, -0.15) is 0 Å². The van der Waals surface area contributed by atoms with Crippen LogP contribution in [0.1, 0.15) is 25.3 Å². The summed E-state index contributed by atoms with van der Waals surface area (Å²) in [7, 11) is 0. The molecule has 0 unspecified atom stereocenters. The van der Waals surface area contributed by atoms with Crippen LogP contribution in [0.4, 0.5) is 10.5 Å². The van der Waals surface area contributed by atoms with E-state index in [0.717, 1.165) is 11.3 Å². The minimum absolute atomic E-state index is 0.115. The first kappa shape index (κ1) is 19.5. The Labute approximate surface area is 163 Å². The van der Waals surface area contributed by atoms with E-state index in [0.29, 0.717) is 38.3 Å². The lowest BCUT2D eigenvalue weighted by Gasteiger charge is -2.43. The normalized spacial score (nSPS) is 18.7. The molecule has 1 N–H and O–H groups in total. The average Bonchev–Trinajstić information content (AvgIpc) is 2.97. The molecule has 2 aliphatic rings. The van der Waals surface area contributed by atoms with Crippen molar-refractivity contribution in [3.63, 3.8) is 0 Å². The van der Waals surface area contributed by atoms with E-state index in [1.807, 2.05) is 36.1 Å². The quantitative estimate of drug-likeness (QED) is 0.796. The second kappa shape index (κ2) is 8.21. The molecular formula is C19H25N3O4S. The van der Waals surface area contributed by atoms with Crippen LogP contribution >= 0.6 is 11.8 Å². The molecule has 27 heavy (non-hydrogen) atoms. The molecule has 3 amide bonds. The number of thioether (sulfide) groups is 1. The molecule has 0 bridgehead atoms. The van der Waals surface area contributed by atoms with Crippen molar-refractivity contribution in [3.8, 4) is 0 Å². The maximum atomic E-state index is 12.5. The lowest BCUT2D eigenvalue weighted by atomic mass is 10.0. The van der Waals surface area contributed by atoms with E-state index in [9.17, 15) is 14.4 Å². The molecule has 1 aromatic carbocycles. The Hall–Kier alpha value is -2.22. The molecule has 2 fully saturated rings. The zero-order chi connectivity index (χ0) is 19.4. The number of benzene rings is 1. The molecule has 1 spiro atoms. The van der Waals surface area contributed by atoms with Crippen LogP contribution in [0.3, 0.4) is 0 Å². The van der Waals surface area contributed by atoms with Gasteiger partial charge in [0.25, 0.3) is 0 Å². The number of carbonyl (C=O) groups excluding carboxylic acids is 3. The summed E-state index contributed by atoms with van der Waals surface area (Å²) < 4.78 is 4.82. The van der Waals surface area contributed by atoms with Crippen molar-refractivity contribution in [3.05, 3.63) is 29.8 Å². The first-order chi connectivity index (χ1) is 12.9. The number of aryl methyl sites for hydroxylation is 1. The molecule has 0 atom stereocenters. The summed E-state index contributed by atoms with van der Waals surface area (Å²) in [6.07, 6.45) is 1.40. The Morgan fingerprint density at radius 3 is 2.52 bits per heavy atom. The fraction of sp³-hybridized carbons (Fsp3) is 0.526. The SMILES string of the molecule is CCOC(=O)CNC(=O)N1CCC2(CC1)SCC(=O)N2c1ccc(C)cc1. The number of amides is 3. The van der Waals surface area contributed by atoms with Crippen molar-refractivity contribution >= 4 is 35.4 Å². The summed E-state index contributed by atoms with van der Waals surface area (Å²) in [5.41, 5.74) is 2.07. The lowest BCUT2D eigenvalue weighted by Crippen LogP contribution is -2.55. The first-order valence-electron chi connectivity index (χ1n) is 9.17. The Bertz CT molecular complexity index is 714. The molecule has 8 heteroatoms. The third-order valence-corrected chi connectivity index (χ3v) is 6.45. The highest BCUT2D eigenvalue weighted by atomic mass is 32.2. The van der Waals surface area contributed by atoms with Crippen LogP contribution in [0.25, 0.3) is 0 Å². The molecule has 7 nitrogen and oxygen atoms in total. The number of ether oxygens (including phenoxy) is 1. The lowest BCUT2D eigenvalue weighted by molar-refractivity contribution is -0.141. The van der Waals surface area contributed by atoms with Gasteiger partial charge in [-0.25, -0.2) is 4.79 Å². The van der Waals surface area contributed by atoms with Gasteiger partial charge in [0.15, 0.2) is 0 Å². The van der Waals surface area contributed by atoms with Gasteiger partial charge in [-0.1, -0.05) is 17.7 Å². The number of esters is 1. The van der Waals surface area contributed by atoms with Gasteiger partial charge < -0.3 is 15.0 Å². The summed E-state index contributed by atoms with van der Waals surface area (Å²) in [4.78, 5) is 39.5. The first-order valence-corrected chi connectivity index (χ1v) is 10.2. The summed E-state index contributed by atoms with van der Waals surface area (Å²) in [6, 6.07) is 7.72. The highest BCUT2D eigenvalue weighted by Crippen LogP contribution is 2.46. The van der Waals surface area contributed by atoms with Crippen molar-refractivity contribution in [2.45, 2.75) is 31.6 Å². The number of hydrogen-bond donors (Lipinski definition) is 1. The number of piperidine rings is 1. The Balaban J connectivity index is 1.62. The van der Waals surface area contributed by atoms with Crippen LogP contribution in [0.5, 0.6) is 0 Å². The molecule has 0 radical (unpaired) electrons. The monoisotopic (exact) mass is 391 g/mol. The van der Waals surface area contributed by atoms with Gasteiger partial charge >= 0.3 is 12.0 Å². The van der Waals surface area contributed by atoms with E-state index in [1.54, 1.807) is 23.6 Å².